The van der Waals surface area contributed by atoms with Crippen LogP contribution in [0.25, 0.3) is 11.4 Å². The summed E-state index contributed by atoms with van der Waals surface area (Å²) in [5.41, 5.74) is 1.89. The van der Waals surface area contributed by atoms with Crippen LogP contribution in [0, 0.1) is 0 Å². The van der Waals surface area contributed by atoms with Gasteiger partial charge in [0.15, 0.2) is 5.82 Å². The average molecular weight is 371 g/mol. The summed E-state index contributed by atoms with van der Waals surface area (Å²) in [4.78, 5) is 12.9. The van der Waals surface area contributed by atoms with Crippen molar-refractivity contribution in [3.05, 3.63) is 84.4 Å². The van der Waals surface area contributed by atoms with Crippen LogP contribution in [-0.2, 0) is 7.05 Å². The second-order valence-electron chi connectivity index (χ2n) is 6.07. The third-order valence-electron chi connectivity index (χ3n) is 4.10. The summed E-state index contributed by atoms with van der Waals surface area (Å²) in [5.74, 6) is 1.50. The minimum atomic E-state index is -0.264. The number of hydrogen-bond acceptors (Lipinski definition) is 5. The van der Waals surface area contributed by atoms with E-state index in [0.717, 1.165) is 5.56 Å². The van der Waals surface area contributed by atoms with Gasteiger partial charge >= 0.3 is 0 Å². The number of aryl methyl sites for hydroxylation is 1. The smallest absolute Gasteiger partial charge is 0.259 e. The molecule has 7 heteroatoms. The molecule has 28 heavy (non-hydrogen) atoms. The molecule has 0 spiro atoms. The zero-order valence-corrected chi connectivity index (χ0v) is 15.1. The molecule has 0 aliphatic heterocycles. The molecule has 3 aromatic carbocycles. The number of carbonyl (C=O) groups excluding carboxylic acids is 1. The normalized spacial score (nSPS) is 10.5. The first-order valence-electron chi connectivity index (χ1n) is 8.67. The summed E-state index contributed by atoms with van der Waals surface area (Å²) >= 11 is 0. The summed E-state index contributed by atoms with van der Waals surface area (Å²) in [7, 11) is 1.76. The van der Waals surface area contributed by atoms with Gasteiger partial charge in [-0.05, 0) is 46.8 Å². The Bertz CT molecular complexity index is 1110. The number of amides is 1. The van der Waals surface area contributed by atoms with Gasteiger partial charge in [0.1, 0.15) is 11.5 Å². The van der Waals surface area contributed by atoms with Gasteiger partial charge in [-0.15, -0.1) is 5.10 Å². The minimum absolute atomic E-state index is 0.264. The zero-order valence-electron chi connectivity index (χ0n) is 15.1. The molecule has 4 aromatic rings. The zero-order chi connectivity index (χ0) is 19.3. The van der Waals surface area contributed by atoms with Crippen molar-refractivity contribution < 1.29 is 9.53 Å². The molecule has 7 nitrogen and oxygen atoms in total. The molecule has 0 radical (unpaired) electrons. The summed E-state index contributed by atoms with van der Waals surface area (Å²) in [6, 6.07) is 23.8. The number of ether oxygens (including phenoxy) is 1. The molecule has 138 valence electrons. The fourth-order valence-electron chi connectivity index (χ4n) is 2.77. The van der Waals surface area contributed by atoms with Crippen LogP contribution in [0.1, 0.15) is 10.4 Å². The summed E-state index contributed by atoms with van der Waals surface area (Å²) < 4.78 is 7.45. The Kier molecular flexibility index (Phi) is 4.79. The van der Waals surface area contributed by atoms with Crippen LogP contribution in [0.3, 0.4) is 0 Å². The summed E-state index contributed by atoms with van der Waals surface area (Å²) in [6.07, 6.45) is 0. The number of anilines is 1. The van der Waals surface area contributed by atoms with Crippen molar-refractivity contribution in [2.45, 2.75) is 0 Å². The molecule has 1 heterocycles. The van der Waals surface area contributed by atoms with E-state index in [1.807, 2.05) is 60.7 Å². The summed E-state index contributed by atoms with van der Waals surface area (Å²) in [6.45, 7) is 0. The Labute approximate surface area is 161 Å². The molecule has 0 aliphatic rings. The summed E-state index contributed by atoms with van der Waals surface area (Å²) in [5, 5.41) is 14.4. The number of aromatic nitrogens is 4. The van der Waals surface area contributed by atoms with Crippen LogP contribution < -0.4 is 10.1 Å². The minimum Gasteiger partial charge on any atom is -0.457 e. The highest BCUT2D eigenvalue weighted by molar-refractivity contribution is 6.06. The van der Waals surface area contributed by atoms with E-state index in [-0.39, 0.29) is 5.91 Å². The van der Waals surface area contributed by atoms with E-state index in [9.17, 15) is 4.79 Å². The average Bonchev–Trinajstić information content (AvgIpc) is 3.15. The lowest BCUT2D eigenvalue weighted by molar-refractivity contribution is 0.102. The van der Waals surface area contributed by atoms with Crippen molar-refractivity contribution in [1.82, 2.24) is 20.2 Å². The van der Waals surface area contributed by atoms with Gasteiger partial charge in [-0.1, -0.05) is 42.5 Å². The molecule has 4 rings (SSSR count). The van der Waals surface area contributed by atoms with Crippen LogP contribution in [-0.4, -0.2) is 26.1 Å². The first kappa shape index (κ1) is 17.4. The first-order valence-corrected chi connectivity index (χ1v) is 8.67. The number of carbonyl (C=O) groups is 1. The number of benzene rings is 3. The molecule has 1 amide bonds. The maximum absolute atomic E-state index is 12.9. The van der Waals surface area contributed by atoms with E-state index >= 15 is 0 Å². The van der Waals surface area contributed by atoms with Crippen LogP contribution in [0.5, 0.6) is 11.5 Å². The lowest BCUT2D eigenvalue weighted by Gasteiger charge is -2.12. The second kappa shape index (κ2) is 7.71. The fraction of sp³-hybridized carbons (Fsp3) is 0.0476. The third kappa shape index (κ3) is 3.73. The Hall–Kier alpha value is -4.00. The highest BCUT2D eigenvalue weighted by Crippen LogP contribution is 2.26. The molecule has 0 aliphatic carbocycles. The van der Waals surface area contributed by atoms with Crippen molar-refractivity contribution in [2.75, 3.05) is 5.32 Å². The maximum Gasteiger partial charge on any atom is 0.259 e. The number of nitrogens with zero attached hydrogens (tertiary/aromatic N) is 4. The molecule has 1 N–H and O–H groups in total. The third-order valence-corrected chi connectivity index (χ3v) is 4.10. The van der Waals surface area contributed by atoms with Gasteiger partial charge in [0.05, 0.1) is 5.56 Å². The van der Waals surface area contributed by atoms with E-state index in [1.165, 1.54) is 0 Å². The molecule has 0 bridgehead atoms. The van der Waals surface area contributed by atoms with Crippen molar-refractivity contribution in [3.63, 3.8) is 0 Å². The number of hydrogen-bond donors (Lipinski definition) is 1. The van der Waals surface area contributed by atoms with Crippen molar-refractivity contribution >= 4 is 11.6 Å². The molecular weight excluding hydrogens is 354 g/mol. The number of tetrazole rings is 1. The van der Waals surface area contributed by atoms with E-state index in [1.54, 1.807) is 29.9 Å². The Morgan fingerprint density at radius 3 is 2.54 bits per heavy atom. The van der Waals surface area contributed by atoms with E-state index < -0.39 is 0 Å². The van der Waals surface area contributed by atoms with Gasteiger partial charge in [-0.3, -0.25) is 4.79 Å². The molecular formula is C21H17N5O2. The van der Waals surface area contributed by atoms with Gasteiger partial charge in [0.25, 0.3) is 5.91 Å². The number of nitrogens with one attached hydrogen (secondary N) is 1. The lowest BCUT2D eigenvalue weighted by atomic mass is 10.1. The predicted octanol–water partition coefficient (Wildman–Crippen LogP) is 3.92. The number of rotatable bonds is 5. The van der Waals surface area contributed by atoms with E-state index in [0.29, 0.717) is 28.6 Å². The second-order valence-corrected chi connectivity index (χ2v) is 6.07. The quantitative estimate of drug-likeness (QED) is 0.575. The Morgan fingerprint density at radius 1 is 0.964 bits per heavy atom. The molecule has 0 unspecified atom stereocenters. The van der Waals surface area contributed by atoms with E-state index in [4.69, 9.17) is 4.74 Å². The van der Waals surface area contributed by atoms with Gasteiger partial charge < -0.3 is 10.1 Å². The SMILES string of the molecule is Cn1nnnc1-c1cccc(NC(=O)c2ccccc2Oc2ccccc2)c1. The van der Waals surface area contributed by atoms with Crippen LogP contribution >= 0.6 is 0 Å². The van der Waals surface area contributed by atoms with Crippen LogP contribution in [0.2, 0.25) is 0 Å². The van der Waals surface area contributed by atoms with Crippen molar-refractivity contribution in [3.8, 4) is 22.9 Å². The predicted molar refractivity (Wildman–Crippen MR) is 105 cm³/mol. The molecule has 0 saturated carbocycles. The van der Waals surface area contributed by atoms with Gasteiger partial charge in [0, 0.05) is 18.3 Å². The van der Waals surface area contributed by atoms with Crippen LogP contribution in [0.15, 0.2) is 78.9 Å². The first-order chi connectivity index (χ1) is 13.7. The van der Waals surface area contributed by atoms with Gasteiger partial charge in [-0.25, -0.2) is 4.68 Å². The highest BCUT2D eigenvalue weighted by Gasteiger charge is 2.14. The molecule has 1 aromatic heterocycles. The Balaban J connectivity index is 1.57. The van der Waals surface area contributed by atoms with Crippen LogP contribution in [0.4, 0.5) is 5.69 Å². The largest absolute Gasteiger partial charge is 0.457 e. The molecule has 0 atom stereocenters. The molecule has 0 saturated heterocycles. The lowest BCUT2D eigenvalue weighted by Crippen LogP contribution is -2.13. The standard InChI is InChI=1S/C21H17N5O2/c1-26-20(23-24-25-26)15-8-7-9-16(14-15)22-21(27)18-12-5-6-13-19(18)28-17-10-3-2-4-11-17/h2-14H,1H3,(H,22,27). The van der Waals surface area contributed by atoms with E-state index in [2.05, 4.69) is 20.8 Å². The maximum atomic E-state index is 12.9. The van der Waals surface area contributed by atoms with Crippen molar-refractivity contribution in [1.29, 1.82) is 0 Å². The number of para-hydroxylation sites is 2. The fourth-order valence-corrected chi connectivity index (χ4v) is 2.77. The topological polar surface area (TPSA) is 81.9 Å². The Morgan fingerprint density at radius 2 is 1.75 bits per heavy atom. The van der Waals surface area contributed by atoms with Crippen molar-refractivity contribution in [2.24, 2.45) is 7.05 Å². The monoisotopic (exact) mass is 371 g/mol. The van der Waals surface area contributed by atoms with Gasteiger partial charge in [-0.2, -0.15) is 0 Å². The highest BCUT2D eigenvalue weighted by atomic mass is 16.5. The molecule has 0 fully saturated rings. The van der Waals surface area contributed by atoms with Gasteiger partial charge in [0.2, 0.25) is 0 Å².